The molecule has 4 rings (SSSR count). The Balaban J connectivity index is 1.50. The van der Waals surface area contributed by atoms with Gasteiger partial charge in [0.25, 0.3) is 5.91 Å². The first-order valence-corrected chi connectivity index (χ1v) is 9.86. The van der Waals surface area contributed by atoms with Crippen molar-refractivity contribution >= 4 is 11.7 Å². The molecule has 10 heteroatoms. The lowest BCUT2D eigenvalue weighted by molar-refractivity contribution is 0.101. The number of nitriles is 1. The standard InChI is InChI=1S/C23H20N6O4/c1-31-19-9-6-10-20(32-2)21(19)33-15-28-12-11-18(27-28)23(30)26-22-16(13-24)14-25-29(22)17-7-4-3-5-8-17/h3-12,14H,15H2,1-2H3,(H,26,30). The van der Waals surface area contributed by atoms with Crippen LogP contribution >= 0.6 is 0 Å². The van der Waals surface area contributed by atoms with Crippen molar-refractivity contribution in [2.75, 3.05) is 19.5 Å². The highest BCUT2D eigenvalue weighted by atomic mass is 16.5. The fraction of sp³-hybridized carbons (Fsp3) is 0.130. The Morgan fingerprint density at radius 2 is 1.79 bits per heavy atom. The molecular formula is C23H20N6O4. The molecule has 0 unspecified atom stereocenters. The van der Waals surface area contributed by atoms with Crippen molar-refractivity contribution in [1.82, 2.24) is 19.6 Å². The number of para-hydroxylation sites is 2. The topological polar surface area (TPSA) is 116 Å². The highest BCUT2D eigenvalue weighted by molar-refractivity contribution is 6.03. The molecule has 0 fully saturated rings. The quantitative estimate of drug-likeness (QED) is 0.443. The molecule has 166 valence electrons. The summed E-state index contributed by atoms with van der Waals surface area (Å²) in [6.45, 7) is 0.0232. The van der Waals surface area contributed by atoms with Crippen LogP contribution in [0.15, 0.2) is 67.0 Å². The molecule has 2 heterocycles. The molecule has 4 aromatic rings. The van der Waals surface area contributed by atoms with Crippen LogP contribution < -0.4 is 19.5 Å². The van der Waals surface area contributed by atoms with E-state index in [4.69, 9.17) is 14.2 Å². The lowest BCUT2D eigenvalue weighted by atomic mass is 10.3. The summed E-state index contributed by atoms with van der Waals surface area (Å²) in [5.74, 6) is 1.22. The molecule has 1 N–H and O–H groups in total. The van der Waals surface area contributed by atoms with E-state index in [1.54, 1.807) is 30.5 Å². The monoisotopic (exact) mass is 444 g/mol. The lowest BCUT2D eigenvalue weighted by Gasteiger charge is -2.13. The fourth-order valence-corrected chi connectivity index (χ4v) is 3.13. The van der Waals surface area contributed by atoms with Crippen LogP contribution in [0, 0.1) is 11.3 Å². The van der Waals surface area contributed by atoms with Crippen molar-refractivity contribution in [2.24, 2.45) is 0 Å². The van der Waals surface area contributed by atoms with Crippen LogP contribution in [0.2, 0.25) is 0 Å². The normalized spacial score (nSPS) is 10.3. The summed E-state index contributed by atoms with van der Waals surface area (Å²) in [6, 6.07) is 18.1. The summed E-state index contributed by atoms with van der Waals surface area (Å²) in [6.07, 6.45) is 3.01. The van der Waals surface area contributed by atoms with Crippen LogP contribution in [0.3, 0.4) is 0 Å². The van der Waals surface area contributed by atoms with E-state index in [9.17, 15) is 10.1 Å². The Bertz CT molecular complexity index is 1280. The highest BCUT2D eigenvalue weighted by Gasteiger charge is 2.18. The maximum Gasteiger partial charge on any atom is 0.277 e. The SMILES string of the molecule is COc1cccc(OC)c1OCn1ccc(C(=O)Nc2c(C#N)cnn2-c2ccccc2)n1. The number of carbonyl (C=O) groups excluding carboxylic acids is 1. The first-order chi connectivity index (χ1) is 16.1. The third kappa shape index (κ3) is 4.47. The van der Waals surface area contributed by atoms with Crippen molar-refractivity contribution < 1.29 is 19.0 Å². The summed E-state index contributed by atoms with van der Waals surface area (Å²) in [4.78, 5) is 12.8. The maximum atomic E-state index is 12.8. The molecule has 0 bridgehead atoms. The smallest absolute Gasteiger partial charge is 0.277 e. The first kappa shape index (κ1) is 21.5. The van der Waals surface area contributed by atoms with Crippen LogP contribution in [0.25, 0.3) is 5.69 Å². The van der Waals surface area contributed by atoms with Gasteiger partial charge in [-0.15, -0.1) is 0 Å². The van der Waals surface area contributed by atoms with Crippen molar-refractivity contribution in [1.29, 1.82) is 5.26 Å². The Morgan fingerprint density at radius 1 is 1.06 bits per heavy atom. The fourth-order valence-electron chi connectivity index (χ4n) is 3.13. The molecule has 0 aliphatic rings. The van der Waals surface area contributed by atoms with Crippen LogP contribution in [-0.2, 0) is 6.73 Å². The average Bonchev–Trinajstić information content (AvgIpc) is 3.50. The van der Waals surface area contributed by atoms with Crippen molar-refractivity contribution in [3.8, 4) is 29.0 Å². The Kier molecular flexibility index (Phi) is 6.22. The summed E-state index contributed by atoms with van der Waals surface area (Å²) in [5.41, 5.74) is 1.09. The molecule has 0 aliphatic carbocycles. The van der Waals surface area contributed by atoms with E-state index in [1.807, 2.05) is 36.4 Å². The van der Waals surface area contributed by atoms with Gasteiger partial charge in [-0.3, -0.25) is 4.79 Å². The van der Waals surface area contributed by atoms with Crippen LogP contribution in [-0.4, -0.2) is 39.7 Å². The Labute approximate surface area is 189 Å². The number of methoxy groups -OCH3 is 2. The molecule has 2 aromatic carbocycles. The van der Waals surface area contributed by atoms with Crippen LogP contribution in [0.1, 0.15) is 16.1 Å². The number of carbonyl (C=O) groups is 1. The molecule has 0 saturated heterocycles. The minimum absolute atomic E-state index is 0.0232. The molecule has 0 aliphatic heterocycles. The number of hydrogen-bond donors (Lipinski definition) is 1. The number of hydrogen-bond acceptors (Lipinski definition) is 7. The zero-order valence-corrected chi connectivity index (χ0v) is 17.9. The van der Waals surface area contributed by atoms with Gasteiger partial charge in [-0.2, -0.15) is 15.5 Å². The third-order valence-corrected chi connectivity index (χ3v) is 4.72. The summed E-state index contributed by atoms with van der Waals surface area (Å²) >= 11 is 0. The predicted octanol–water partition coefficient (Wildman–Crippen LogP) is 3.25. The first-order valence-electron chi connectivity index (χ1n) is 9.86. The zero-order chi connectivity index (χ0) is 23.2. The van der Waals surface area contributed by atoms with E-state index < -0.39 is 5.91 Å². The van der Waals surface area contributed by atoms with E-state index in [0.29, 0.717) is 22.9 Å². The van der Waals surface area contributed by atoms with Crippen molar-refractivity contribution in [3.63, 3.8) is 0 Å². The summed E-state index contributed by atoms with van der Waals surface area (Å²) in [7, 11) is 3.07. The minimum atomic E-state index is -0.488. The van der Waals surface area contributed by atoms with Gasteiger partial charge < -0.3 is 19.5 Å². The molecule has 1 amide bonds. The zero-order valence-electron chi connectivity index (χ0n) is 17.9. The molecule has 33 heavy (non-hydrogen) atoms. The van der Waals surface area contributed by atoms with Gasteiger partial charge >= 0.3 is 0 Å². The second kappa shape index (κ2) is 9.57. The number of benzene rings is 2. The maximum absolute atomic E-state index is 12.8. The highest BCUT2D eigenvalue weighted by Crippen LogP contribution is 2.36. The van der Waals surface area contributed by atoms with Crippen molar-refractivity contribution in [3.05, 3.63) is 78.2 Å². The predicted molar refractivity (Wildman–Crippen MR) is 119 cm³/mol. The number of rotatable bonds is 8. The number of amides is 1. The van der Waals surface area contributed by atoms with Gasteiger partial charge in [-0.05, 0) is 30.3 Å². The molecule has 0 spiro atoms. The van der Waals surface area contributed by atoms with E-state index in [0.717, 1.165) is 0 Å². The largest absolute Gasteiger partial charge is 0.493 e. The van der Waals surface area contributed by atoms with E-state index in [-0.39, 0.29) is 23.8 Å². The number of nitrogens with one attached hydrogen (secondary N) is 1. The van der Waals surface area contributed by atoms with Gasteiger partial charge in [-0.25, -0.2) is 9.36 Å². The van der Waals surface area contributed by atoms with Gasteiger partial charge in [0.2, 0.25) is 5.75 Å². The third-order valence-electron chi connectivity index (χ3n) is 4.72. The molecule has 2 aromatic heterocycles. The van der Waals surface area contributed by atoms with Gasteiger partial charge in [-0.1, -0.05) is 24.3 Å². The Morgan fingerprint density at radius 3 is 2.45 bits per heavy atom. The lowest BCUT2D eigenvalue weighted by Crippen LogP contribution is -2.17. The number of ether oxygens (including phenoxy) is 3. The second-order valence-electron chi connectivity index (χ2n) is 6.73. The van der Waals surface area contributed by atoms with Gasteiger partial charge in [0.05, 0.1) is 26.1 Å². The summed E-state index contributed by atoms with van der Waals surface area (Å²) in [5, 5.41) is 20.6. The molecule has 0 saturated carbocycles. The van der Waals surface area contributed by atoms with Crippen LogP contribution in [0.5, 0.6) is 17.2 Å². The molecule has 0 radical (unpaired) electrons. The molecule has 0 atom stereocenters. The van der Waals surface area contributed by atoms with E-state index in [1.165, 1.54) is 29.8 Å². The minimum Gasteiger partial charge on any atom is -0.493 e. The average molecular weight is 444 g/mol. The molecular weight excluding hydrogens is 424 g/mol. The number of aromatic nitrogens is 4. The van der Waals surface area contributed by atoms with Crippen molar-refractivity contribution in [2.45, 2.75) is 6.73 Å². The van der Waals surface area contributed by atoms with Crippen LogP contribution in [0.4, 0.5) is 5.82 Å². The second-order valence-corrected chi connectivity index (χ2v) is 6.73. The van der Waals surface area contributed by atoms with E-state index in [2.05, 4.69) is 15.5 Å². The van der Waals surface area contributed by atoms with E-state index >= 15 is 0 Å². The summed E-state index contributed by atoms with van der Waals surface area (Å²) < 4.78 is 19.4. The van der Waals surface area contributed by atoms with Gasteiger partial charge in [0, 0.05) is 6.20 Å². The van der Waals surface area contributed by atoms with Gasteiger partial charge in [0.1, 0.15) is 11.6 Å². The number of nitrogens with zero attached hydrogens (tertiary/aromatic N) is 5. The molecule has 10 nitrogen and oxygen atoms in total. The Hall–Kier alpha value is -4.78. The number of anilines is 1. The van der Waals surface area contributed by atoms with Gasteiger partial charge in [0.15, 0.2) is 29.7 Å².